The maximum atomic E-state index is 2.51. The van der Waals surface area contributed by atoms with Gasteiger partial charge in [0.05, 0.1) is 0 Å². The minimum atomic E-state index is 0.870. The van der Waals surface area contributed by atoms with E-state index in [1.165, 1.54) is 5.92 Å². The predicted octanol–water partition coefficient (Wildman–Crippen LogP) is 2.69. The molecule has 0 amide bonds. The van der Waals surface area contributed by atoms with E-state index < -0.39 is 0 Å². The van der Waals surface area contributed by atoms with Crippen molar-refractivity contribution in [3.05, 3.63) is 0 Å². The molecule has 0 aromatic heterocycles. The van der Waals surface area contributed by atoms with Gasteiger partial charge in [-0.3, -0.25) is 0 Å². The Hall–Kier alpha value is 0. The van der Waals surface area contributed by atoms with Crippen LogP contribution in [0.3, 0.4) is 0 Å². The molecule has 0 bridgehead atoms. The van der Waals surface area contributed by atoms with E-state index in [1.54, 1.807) is 19.3 Å². The molecule has 3 aliphatic rings. The average molecular weight is 136 g/mol. The molecule has 56 valence electrons. The van der Waals surface area contributed by atoms with Crippen molar-refractivity contribution in [1.82, 2.24) is 0 Å². The van der Waals surface area contributed by atoms with Crippen LogP contribution in [0.5, 0.6) is 0 Å². The summed E-state index contributed by atoms with van der Waals surface area (Å²) in [5, 5.41) is 0. The molecule has 3 fully saturated rings. The summed E-state index contributed by atoms with van der Waals surface area (Å²) in [5.74, 6) is 4.57. The third-order valence-electron chi connectivity index (χ3n) is 4.53. The zero-order valence-electron chi connectivity index (χ0n) is 6.93. The third-order valence-corrected chi connectivity index (χ3v) is 4.53. The number of hydrogen-bond donors (Lipinski definition) is 0. The van der Waals surface area contributed by atoms with Crippen LogP contribution in [0, 0.1) is 29.1 Å². The Labute approximate surface area is 63.0 Å². The molecule has 0 aromatic rings. The van der Waals surface area contributed by atoms with Gasteiger partial charge >= 0.3 is 0 Å². The highest BCUT2D eigenvalue weighted by Gasteiger charge is 2.68. The molecule has 3 rings (SSSR count). The Kier molecular flexibility index (Phi) is 0.735. The van der Waals surface area contributed by atoms with Gasteiger partial charge in [0.25, 0.3) is 0 Å². The van der Waals surface area contributed by atoms with E-state index in [2.05, 4.69) is 13.8 Å². The van der Waals surface area contributed by atoms with Crippen LogP contribution in [0.1, 0.15) is 33.1 Å². The van der Waals surface area contributed by atoms with Gasteiger partial charge in [-0.1, -0.05) is 13.8 Å². The fraction of sp³-hybridized carbons (Fsp3) is 1.00. The molecular weight excluding hydrogens is 120 g/mol. The van der Waals surface area contributed by atoms with Crippen LogP contribution in [-0.4, -0.2) is 0 Å². The fourth-order valence-electron chi connectivity index (χ4n) is 3.27. The van der Waals surface area contributed by atoms with Crippen LogP contribution < -0.4 is 0 Å². The molecule has 0 saturated heterocycles. The van der Waals surface area contributed by atoms with Crippen molar-refractivity contribution in [1.29, 1.82) is 0 Å². The summed E-state index contributed by atoms with van der Waals surface area (Å²) >= 11 is 0. The van der Waals surface area contributed by atoms with Crippen LogP contribution in [0.2, 0.25) is 0 Å². The summed E-state index contributed by atoms with van der Waals surface area (Å²) in [4.78, 5) is 0. The summed E-state index contributed by atoms with van der Waals surface area (Å²) in [7, 11) is 0. The standard InChI is InChI=1S/C10H16/c1-6-3-8(6)9-4-7-5-10(7,9)2/h6-9H,3-5H2,1-2H3. The van der Waals surface area contributed by atoms with Crippen molar-refractivity contribution in [3.63, 3.8) is 0 Å². The number of rotatable bonds is 1. The minimum absolute atomic E-state index is 0.870. The largest absolute Gasteiger partial charge is 0.0622 e. The minimum Gasteiger partial charge on any atom is -0.0622 e. The lowest BCUT2D eigenvalue weighted by molar-refractivity contribution is 0.145. The van der Waals surface area contributed by atoms with E-state index in [0.29, 0.717) is 0 Å². The fourth-order valence-corrected chi connectivity index (χ4v) is 3.27. The third kappa shape index (κ3) is 0.466. The van der Waals surface area contributed by atoms with Gasteiger partial charge in [0, 0.05) is 0 Å². The van der Waals surface area contributed by atoms with Gasteiger partial charge in [0.1, 0.15) is 0 Å². The molecule has 0 aromatic carbocycles. The molecule has 3 aliphatic carbocycles. The van der Waals surface area contributed by atoms with E-state index in [-0.39, 0.29) is 0 Å². The number of hydrogen-bond acceptors (Lipinski definition) is 0. The van der Waals surface area contributed by atoms with Gasteiger partial charge in [-0.05, 0) is 48.3 Å². The van der Waals surface area contributed by atoms with Gasteiger partial charge < -0.3 is 0 Å². The molecule has 0 N–H and O–H groups in total. The Bertz CT molecular complexity index is 184. The van der Waals surface area contributed by atoms with E-state index in [4.69, 9.17) is 0 Å². The Morgan fingerprint density at radius 3 is 2.30 bits per heavy atom. The van der Waals surface area contributed by atoms with Crippen molar-refractivity contribution in [2.75, 3.05) is 0 Å². The van der Waals surface area contributed by atoms with Crippen molar-refractivity contribution in [2.45, 2.75) is 33.1 Å². The lowest BCUT2D eigenvalue weighted by Gasteiger charge is -2.34. The molecule has 0 aliphatic heterocycles. The van der Waals surface area contributed by atoms with Crippen molar-refractivity contribution >= 4 is 0 Å². The smallest absolute Gasteiger partial charge is 0.0263 e. The summed E-state index contributed by atoms with van der Waals surface area (Å²) in [6.07, 6.45) is 4.71. The first-order valence-corrected chi connectivity index (χ1v) is 4.72. The van der Waals surface area contributed by atoms with Crippen LogP contribution >= 0.6 is 0 Å². The summed E-state index contributed by atoms with van der Waals surface area (Å²) < 4.78 is 0. The topological polar surface area (TPSA) is 0 Å². The second-order valence-corrected chi connectivity index (χ2v) is 5.13. The molecule has 0 spiro atoms. The first-order chi connectivity index (χ1) is 4.72. The summed E-state index contributed by atoms with van der Waals surface area (Å²) in [6.45, 7) is 4.93. The second-order valence-electron chi connectivity index (χ2n) is 5.13. The van der Waals surface area contributed by atoms with E-state index in [0.717, 1.165) is 23.2 Å². The van der Waals surface area contributed by atoms with Gasteiger partial charge in [-0.25, -0.2) is 0 Å². The summed E-state index contributed by atoms with van der Waals surface area (Å²) in [5.41, 5.74) is 0.870. The maximum absolute atomic E-state index is 2.51. The first kappa shape index (κ1) is 5.62. The molecule has 5 unspecified atom stereocenters. The Morgan fingerprint density at radius 2 is 2.00 bits per heavy atom. The molecule has 0 nitrogen and oxygen atoms in total. The van der Waals surface area contributed by atoms with Crippen LogP contribution in [0.15, 0.2) is 0 Å². The zero-order valence-corrected chi connectivity index (χ0v) is 6.93. The summed E-state index contributed by atoms with van der Waals surface area (Å²) in [6, 6.07) is 0. The van der Waals surface area contributed by atoms with Gasteiger partial charge in [0.2, 0.25) is 0 Å². The maximum Gasteiger partial charge on any atom is -0.0263 e. The Balaban J connectivity index is 1.74. The van der Waals surface area contributed by atoms with Crippen molar-refractivity contribution in [2.24, 2.45) is 29.1 Å². The molecule has 10 heavy (non-hydrogen) atoms. The molecule has 0 heterocycles. The van der Waals surface area contributed by atoms with Crippen molar-refractivity contribution < 1.29 is 0 Å². The quantitative estimate of drug-likeness (QED) is 0.520. The molecular formula is C10H16. The van der Waals surface area contributed by atoms with Crippen LogP contribution in [0.25, 0.3) is 0 Å². The van der Waals surface area contributed by atoms with Crippen LogP contribution in [0.4, 0.5) is 0 Å². The van der Waals surface area contributed by atoms with E-state index in [9.17, 15) is 0 Å². The molecule has 5 atom stereocenters. The first-order valence-electron chi connectivity index (χ1n) is 4.72. The SMILES string of the molecule is CC1CC1C1CC2CC21C. The highest BCUT2D eigenvalue weighted by Crippen LogP contribution is 2.76. The Morgan fingerprint density at radius 1 is 1.30 bits per heavy atom. The van der Waals surface area contributed by atoms with Crippen LogP contribution in [-0.2, 0) is 0 Å². The average Bonchev–Trinajstić information content (AvgIpc) is 2.67. The monoisotopic (exact) mass is 136 g/mol. The second kappa shape index (κ2) is 1.31. The van der Waals surface area contributed by atoms with Gasteiger partial charge in [0.15, 0.2) is 0 Å². The lowest BCUT2D eigenvalue weighted by atomic mass is 9.71. The van der Waals surface area contributed by atoms with Crippen molar-refractivity contribution in [3.8, 4) is 0 Å². The molecule has 0 heteroatoms. The van der Waals surface area contributed by atoms with E-state index in [1.807, 2.05) is 0 Å². The highest BCUT2D eigenvalue weighted by atomic mass is 14.7. The number of fused-ring (bicyclic) bond motifs is 1. The van der Waals surface area contributed by atoms with Gasteiger partial charge in [-0.2, -0.15) is 0 Å². The highest BCUT2D eigenvalue weighted by molar-refractivity contribution is 5.17. The zero-order chi connectivity index (χ0) is 6.93. The van der Waals surface area contributed by atoms with Gasteiger partial charge in [-0.15, -0.1) is 0 Å². The molecule has 3 saturated carbocycles. The lowest BCUT2D eigenvalue weighted by Crippen LogP contribution is -2.27. The molecule has 0 radical (unpaired) electrons. The predicted molar refractivity (Wildman–Crippen MR) is 41.6 cm³/mol. The van der Waals surface area contributed by atoms with E-state index >= 15 is 0 Å². The normalized spacial score (nSPS) is 70.2.